The van der Waals surface area contributed by atoms with E-state index in [-0.39, 0.29) is 35.8 Å². The summed E-state index contributed by atoms with van der Waals surface area (Å²) in [6.45, 7) is 13.9. The van der Waals surface area contributed by atoms with Crippen LogP contribution in [-0.4, -0.2) is 95.0 Å². The molecule has 4 amide bonds. The number of rotatable bonds is 3. The van der Waals surface area contributed by atoms with Crippen LogP contribution in [-0.2, 0) is 20.9 Å². The zero-order valence-electron chi connectivity index (χ0n) is 24.8. The second kappa shape index (κ2) is 10.00. The second-order valence-electron chi connectivity index (χ2n) is 14.0. The summed E-state index contributed by atoms with van der Waals surface area (Å²) in [5.41, 5.74) is 2.80. The zero-order valence-corrected chi connectivity index (χ0v) is 24.8. The maximum absolute atomic E-state index is 13.1. The molecule has 4 aliphatic heterocycles. The van der Waals surface area contributed by atoms with Gasteiger partial charge in [0.15, 0.2) is 0 Å². The summed E-state index contributed by atoms with van der Waals surface area (Å²) in [5.74, 6) is -0.778. The zero-order chi connectivity index (χ0) is 29.2. The van der Waals surface area contributed by atoms with E-state index in [0.29, 0.717) is 23.9 Å². The van der Waals surface area contributed by atoms with Crippen molar-refractivity contribution >= 4 is 29.5 Å². The van der Waals surface area contributed by atoms with Crippen molar-refractivity contribution in [2.45, 2.75) is 89.9 Å². The molecule has 6 rings (SSSR count). The van der Waals surface area contributed by atoms with Gasteiger partial charge in [0.1, 0.15) is 11.6 Å². The Morgan fingerprint density at radius 1 is 1.00 bits per heavy atom. The highest BCUT2D eigenvalue weighted by molar-refractivity contribution is 6.05. The fourth-order valence-corrected chi connectivity index (χ4v) is 7.89. The van der Waals surface area contributed by atoms with Crippen molar-refractivity contribution in [1.82, 2.24) is 20.0 Å². The summed E-state index contributed by atoms with van der Waals surface area (Å²) in [6, 6.07) is 5.44. The highest BCUT2D eigenvalue weighted by atomic mass is 16.6. The third-order valence-electron chi connectivity index (χ3n) is 9.90. The van der Waals surface area contributed by atoms with Crippen molar-refractivity contribution in [2.75, 3.05) is 44.2 Å². The Kier molecular flexibility index (Phi) is 6.83. The number of anilines is 1. The molecule has 1 saturated carbocycles. The van der Waals surface area contributed by atoms with E-state index in [1.165, 1.54) is 12.8 Å². The lowest BCUT2D eigenvalue weighted by atomic mass is 9.53. The number of fused-ring (bicyclic) bond motifs is 1. The van der Waals surface area contributed by atoms with Crippen LogP contribution >= 0.6 is 0 Å². The third-order valence-corrected chi connectivity index (χ3v) is 9.90. The van der Waals surface area contributed by atoms with Gasteiger partial charge in [-0.25, -0.2) is 4.79 Å². The average Bonchev–Trinajstić information content (AvgIpc) is 3.22. The summed E-state index contributed by atoms with van der Waals surface area (Å²) in [7, 11) is 0. The van der Waals surface area contributed by atoms with Gasteiger partial charge in [0.05, 0.1) is 0 Å². The van der Waals surface area contributed by atoms with Gasteiger partial charge >= 0.3 is 6.09 Å². The molecule has 5 aliphatic rings. The van der Waals surface area contributed by atoms with Crippen LogP contribution in [0.15, 0.2) is 18.2 Å². The maximum Gasteiger partial charge on any atom is 0.410 e. The fourth-order valence-electron chi connectivity index (χ4n) is 7.89. The molecule has 1 spiro atoms. The summed E-state index contributed by atoms with van der Waals surface area (Å²) >= 11 is 0. The minimum Gasteiger partial charge on any atom is -0.444 e. The Morgan fingerprint density at radius 2 is 1.68 bits per heavy atom. The van der Waals surface area contributed by atoms with Crippen molar-refractivity contribution in [3.8, 4) is 0 Å². The molecule has 0 bridgehead atoms. The predicted octanol–water partition coefficient (Wildman–Crippen LogP) is 3.14. The molecule has 1 aliphatic carbocycles. The summed E-state index contributed by atoms with van der Waals surface area (Å²) in [5, 5.41) is 2.37. The largest absolute Gasteiger partial charge is 0.444 e. The Morgan fingerprint density at radius 3 is 2.32 bits per heavy atom. The third kappa shape index (κ3) is 5.31. The molecule has 3 saturated heterocycles. The number of benzene rings is 1. The lowest BCUT2D eigenvalue weighted by molar-refractivity contribution is -0.136. The Hall–Kier alpha value is -3.14. The van der Waals surface area contributed by atoms with Crippen molar-refractivity contribution in [3.63, 3.8) is 0 Å². The Balaban J connectivity index is 1.01. The molecule has 10 heteroatoms. The number of hydrogen-bond acceptors (Lipinski definition) is 7. The molecule has 1 atom stereocenters. The van der Waals surface area contributed by atoms with E-state index in [9.17, 15) is 19.2 Å². The fraction of sp³-hybridized carbons (Fsp3) is 0.677. The normalized spacial score (nSPS) is 26.1. The number of nitrogens with zero attached hydrogens (tertiary/aromatic N) is 4. The second-order valence-corrected chi connectivity index (χ2v) is 14.0. The van der Waals surface area contributed by atoms with Crippen LogP contribution < -0.4 is 10.2 Å². The first-order valence-corrected chi connectivity index (χ1v) is 15.1. The number of piperazine rings is 1. The highest BCUT2D eigenvalue weighted by Gasteiger charge is 2.55. The van der Waals surface area contributed by atoms with Crippen LogP contribution in [0.2, 0.25) is 0 Å². The Labute approximate surface area is 242 Å². The molecule has 222 valence electrons. The Bertz CT molecular complexity index is 1250. The summed E-state index contributed by atoms with van der Waals surface area (Å²) in [6.07, 6.45) is 4.90. The number of hydrogen-bond donors (Lipinski definition) is 1. The monoisotopic (exact) mass is 565 g/mol. The van der Waals surface area contributed by atoms with Gasteiger partial charge in [-0.1, -0.05) is 0 Å². The van der Waals surface area contributed by atoms with Gasteiger partial charge in [0.25, 0.3) is 5.91 Å². The van der Waals surface area contributed by atoms with E-state index in [2.05, 4.69) is 28.1 Å². The minimum absolute atomic E-state index is 0.130. The van der Waals surface area contributed by atoms with E-state index in [4.69, 9.17) is 4.74 Å². The molecule has 4 fully saturated rings. The van der Waals surface area contributed by atoms with Gasteiger partial charge in [-0.05, 0) is 89.0 Å². The standard InChI is InChI=1S/C31H43N5O5/c1-29(2,3)41-28(40)34-11-9-31(10-12-34)19-30(4,20-31)35-15-13-33(14-16-35)22-5-6-23-21(17-22)18-36(27(23)39)24-7-8-25(37)32-26(24)38/h5-6,17,24H,7-16,18-20H2,1-4H3,(H,32,37,38). The van der Waals surface area contributed by atoms with Gasteiger partial charge in [0, 0.05) is 69.0 Å². The first-order valence-electron chi connectivity index (χ1n) is 15.1. The SMILES string of the molecule is CC(C)(C)OC(=O)N1CCC2(CC1)CC(C)(N1CCN(c3ccc4c(c3)CN(C3CCC(=O)NC3=O)C4=O)CC1)C2. The van der Waals surface area contributed by atoms with Crippen LogP contribution in [0, 0.1) is 5.41 Å². The number of ether oxygens (including phenoxy) is 1. The van der Waals surface area contributed by atoms with Crippen molar-refractivity contribution in [3.05, 3.63) is 29.3 Å². The lowest BCUT2D eigenvalue weighted by Gasteiger charge is -2.62. The van der Waals surface area contributed by atoms with E-state index >= 15 is 0 Å². The van der Waals surface area contributed by atoms with Crippen LogP contribution in [0.25, 0.3) is 0 Å². The quantitative estimate of drug-likeness (QED) is 0.562. The highest BCUT2D eigenvalue weighted by Crippen LogP contribution is 2.57. The van der Waals surface area contributed by atoms with Crippen molar-refractivity contribution in [1.29, 1.82) is 0 Å². The van der Waals surface area contributed by atoms with Crippen molar-refractivity contribution in [2.24, 2.45) is 5.41 Å². The van der Waals surface area contributed by atoms with Gasteiger partial charge in [-0.3, -0.25) is 24.6 Å². The van der Waals surface area contributed by atoms with Crippen LogP contribution in [0.3, 0.4) is 0 Å². The molecule has 4 heterocycles. The summed E-state index contributed by atoms with van der Waals surface area (Å²) < 4.78 is 5.58. The predicted molar refractivity (Wildman–Crippen MR) is 153 cm³/mol. The minimum atomic E-state index is -0.587. The van der Waals surface area contributed by atoms with Gasteiger partial charge in [-0.2, -0.15) is 0 Å². The van der Waals surface area contributed by atoms with E-state index < -0.39 is 11.6 Å². The molecule has 1 N–H and O–H groups in total. The van der Waals surface area contributed by atoms with E-state index in [0.717, 1.165) is 63.4 Å². The van der Waals surface area contributed by atoms with Gasteiger partial charge < -0.3 is 19.4 Å². The number of carbonyl (C=O) groups is 4. The van der Waals surface area contributed by atoms with E-state index in [1.54, 1.807) is 4.90 Å². The van der Waals surface area contributed by atoms with E-state index in [1.807, 2.05) is 37.8 Å². The number of likely N-dealkylation sites (tertiary alicyclic amines) is 1. The molecule has 41 heavy (non-hydrogen) atoms. The number of nitrogens with one attached hydrogen (secondary N) is 1. The molecule has 10 nitrogen and oxygen atoms in total. The van der Waals surface area contributed by atoms with Crippen LogP contribution in [0.4, 0.5) is 10.5 Å². The van der Waals surface area contributed by atoms with Crippen LogP contribution in [0.1, 0.15) is 82.1 Å². The molecule has 1 aromatic carbocycles. The number of carbonyl (C=O) groups excluding carboxylic acids is 4. The average molecular weight is 566 g/mol. The molecule has 0 aromatic heterocycles. The maximum atomic E-state index is 13.1. The lowest BCUT2D eigenvalue weighted by Crippen LogP contribution is -2.66. The summed E-state index contributed by atoms with van der Waals surface area (Å²) in [4.78, 5) is 58.0. The van der Waals surface area contributed by atoms with Gasteiger partial charge in [-0.15, -0.1) is 0 Å². The number of imide groups is 1. The first kappa shape index (κ1) is 28.0. The smallest absolute Gasteiger partial charge is 0.410 e. The number of amides is 4. The van der Waals surface area contributed by atoms with Crippen LogP contribution in [0.5, 0.6) is 0 Å². The van der Waals surface area contributed by atoms with Gasteiger partial charge in [0.2, 0.25) is 11.8 Å². The number of piperidine rings is 2. The molecule has 0 radical (unpaired) electrons. The van der Waals surface area contributed by atoms with Crippen molar-refractivity contribution < 1.29 is 23.9 Å². The molecular formula is C31H43N5O5. The topological polar surface area (TPSA) is 102 Å². The molecule has 1 unspecified atom stereocenters. The first-order chi connectivity index (χ1) is 19.3. The molecule has 1 aromatic rings. The molecular weight excluding hydrogens is 522 g/mol.